The van der Waals surface area contributed by atoms with Gasteiger partial charge in [0, 0.05) is 5.69 Å². The van der Waals surface area contributed by atoms with Crippen LogP contribution in [0.2, 0.25) is 0 Å². The predicted octanol–water partition coefficient (Wildman–Crippen LogP) is -0.533. The maximum absolute atomic E-state index is 11.4. The lowest BCUT2D eigenvalue weighted by molar-refractivity contribution is -0.146. The van der Waals surface area contributed by atoms with Crippen molar-refractivity contribution in [1.29, 1.82) is 0 Å². The summed E-state index contributed by atoms with van der Waals surface area (Å²) < 4.78 is 0. The average Bonchev–Trinajstić information content (AvgIpc) is 2.31. The molecule has 0 spiro atoms. The number of anilines is 1. The topological polar surface area (TPSA) is 111 Å². The highest BCUT2D eigenvalue weighted by Crippen LogP contribution is 2.07. The molecule has 0 unspecified atom stereocenters. The summed E-state index contributed by atoms with van der Waals surface area (Å²) in [4.78, 5) is 37.3. The number of nitrogens with two attached hydrogens (primary N) is 1. The van der Waals surface area contributed by atoms with Crippen molar-refractivity contribution in [3.63, 3.8) is 0 Å². The molecule has 7 heteroatoms. The second kappa shape index (κ2) is 6.36. The molecule has 0 bridgehead atoms. The van der Waals surface area contributed by atoms with E-state index in [1.807, 2.05) is 6.92 Å². The lowest BCUT2D eigenvalue weighted by Gasteiger charge is -2.05. The largest absolute Gasteiger partial charge is 0.368 e. The van der Waals surface area contributed by atoms with Crippen molar-refractivity contribution in [2.45, 2.75) is 6.92 Å². The van der Waals surface area contributed by atoms with Crippen LogP contribution in [0.4, 0.5) is 5.69 Å². The minimum Gasteiger partial charge on any atom is -0.368 e. The lowest BCUT2D eigenvalue weighted by atomic mass is 10.2. The number of hydrogen-bond acceptors (Lipinski definition) is 4. The number of rotatable bonds is 4. The maximum Gasteiger partial charge on any atom is 0.333 e. The third-order valence-electron chi connectivity index (χ3n) is 1.89. The van der Waals surface area contributed by atoms with Crippen LogP contribution < -0.4 is 16.5 Å². The van der Waals surface area contributed by atoms with E-state index in [2.05, 4.69) is 10.2 Å². The highest BCUT2D eigenvalue weighted by Gasteiger charge is 2.13. The minimum absolute atomic E-state index is 0.482. The van der Waals surface area contributed by atoms with E-state index in [0.29, 0.717) is 5.69 Å². The van der Waals surface area contributed by atoms with E-state index in [1.165, 1.54) is 0 Å². The Hall–Kier alpha value is -2.41. The van der Waals surface area contributed by atoms with Crippen LogP contribution in [0.5, 0.6) is 0 Å². The van der Waals surface area contributed by atoms with Gasteiger partial charge in [-0.15, -0.1) is 0 Å². The number of carbonyl (C=O) groups is 3. The van der Waals surface area contributed by atoms with Crippen LogP contribution in [-0.2, 0) is 19.2 Å². The van der Waals surface area contributed by atoms with Gasteiger partial charge in [-0.3, -0.25) is 19.2 Å². The van der Waals surface area contributed by atoms with Crippen LogP contribution in [0, 0.1) is 6.92 Å². The van der Waals surface area contributed by atoms with Crippen LogP contribution in [0.15, 0.2) is 24.3 Å². The summed E-state index contributed by atoms with van der Waals surface area (Å²) in [5, 5.41) is 2.36. The summed E-state index contributed by atoms with van der Waals surface area (Å²) in [6.07, 6.45) is 0. The third-order valence-corrected chi connectivity index (χ3v) is 1.89. The van der Waals surface area contributed by atoms with Crippen LogP contribution in [0.3, 0.4) is 0 Å². The Balaban J connectivity index is 2.42. The molecule has 0 atom stereocenters. The van der Waals surface area contributed by atoms with E-state index in [-0.39, 0.29) is 0 Å². The number of aryl methyl sites for hydroxylation is 1. The standard InChI is InChI=1S/C11H13N3O4/c1-7-2-4-8(5-3-7)13-10(16)11(17)14-18-6-9(12)15/h2-5H,6H2,1H3,(H2,12,15)(H,13,16)(H,14,17). The van der Waals surface area contributed by atoms with Crippen molar-refractivity contribution < 1.29 is 19.2 Å². The second-order valence-electron chi connectivity index (χ2n) is 3.51. The quantitative estimate of drug-likeness (QED) is 0.493. The SMILES string of the molecule is Cc1ccc(NC(=O)C(=O)NOCC(N)=O)cc1. The molecule has 96 valence electrons. The van der Waals surface area contributed by atoms with Crippen LogP contribution in [0.1, 0.15) is 5.56 Å². The van der Waals surface area contributed by atoms with Gasteiger partial charge in [0.2, 0.25) is 5.91 Å². The van der Waals surface area contributed by atoms with Gasteiger partial charge in [-0.05, 0) is 19.1 Å². The van der Waals surface area contributed by atoms with Gasteiger partial charge in [-0.1, -0.05) is 17.7 Å². The Kier molecular flexibility index (Phi) is 4.82. The van der Waals surface area contributed by atoms with E-state index in [4.69, 9.17) is 5.73 Å². The number of hydroxylamine groups is 1. The number of hydrogen-bond donors (Lipinski definition) is 3. The first-order valence-electron chi connectivity index (χ1n) is 5.07. The fraction of sp³-hybridized carbons (Fsp3) is 0.182. The molecule has 0 heterocycles. The summed E-state index contributed by atoms with van der Waals surface area (Å²) in [5.41, 5.74) is 8.08. The van der Waals surface area contributed by atoms with Gasteiger partial charge < -0.3 is 11.1 Å². The molecule has 0 fully saturated rings. The molecule has 1 aromatic carbocycles. The number of amides is 3. The zero-order chi connectivity index (χ0) is 13.5. The van der Waals surface area contributed by atoms with Crippen molar-refractivity contribution in [1.82, 2.24) is 5.48 Å². The first kappa shape index (κ1) is 13.7. The first-order chi connectivity index (χ1) is 8.49. The summed E-state index contributed by atoms with van der Waals surface area (Å²) >= 11 is 0. The van der Waals surface area contributed by atoms with Gasteiger partial charge in [-0.25, -0.2) is 5.48 Å². The molecule has 0 saturated heterocycles. The van der Waals surface area contributed by atoms with E-state index in [0.717, 1.165) is 5.56 Å². The molecular weight excluding hydrogens is 238 g/mol. The summed E-state index contributed by atoms with van der Waals surface area (Å²) in [6, 6.07) is 6.89. The van der Waals surface area contributed by atoms with Gasteiger partial charge in [0.1, 0.15) is 0 Å². The number of carbonyl (C=O) groups excluding carboxylic acids is 3. The zero-order valence-electron chi connectivity index (χ0n) is 9.73. The van der Waals surface area contributed by atoms with Crippen molar-refractivity contribution in [2.24, 2.45) is 5.73 Å². The van der Waals surface area contributed by atoms with Gasteiger partial charge in [-0.2, -0.15) is 0 Å². The first-order valence-corrected chi connectivity index (χ1v) is 5.07. The van der Waals surface area contributed by atoms with Crippen LogP contribution in [0.25, 0.3) is 0 Å². The number of nitrogens with one attached hydrogen (secondary N) is 2. The molecule has 0 aliphatic heterocycles. The van der Waals surface area contributed by atoms with Gasteiger partial charge >= 0.3 is 11.8 Å². The Morgan fingerprint density at radius 2 is 1.78 bits per heavy atom. The normalized spacial score (nSPS) is 9.61. The van der Waals surface area contributed by atoms with E-state index >= 15 is 0 Å². The Morgan fingerprint density at radius 1 is 1.17 bits per heavy atom. The van der Waals surface area contributed by atoms with Crippen molar-refractivity contribution in [3.05, 3.63) is 29.8 Å². The number of primary amides is 1. The number of benzene rings is 1. The molecule has 7 nitrogen and oxygen atoms in total. The lowest BCUT2D eigenvalue weighted by Crippen LogP contribution is -2.37. The minimum atomic E-state index is -1.02. The summed E-state index contributed by atoms with van der Waals surface area (Å²) in [7, 11) is 0. The molecular formula is C11H13N3O4. The van der Waals surface area contributed by atoms with E-state index in [9.17, 15) is 14.4 Å². The van der Waals surface area contributed by atoms with Crippen molar-refractivity contribution in [2.75, 3.05) is 11.9 Å². The molecule has 18 heavy (non-hydrogen) atoms. The highest BCUT2D eigenvalue weighted by atomic mass is 16.7. The second-order valence-corrected chi connectivity index (χ2v) is 3.51. The fourth-order valence-electron chi connectivity index (χ4n) is 1.04. The Labute approximate surface area is 103 Å². The molecule has 0 aromatic heterocycles. The van der Waals surface area contributed by atoms with Crippen LogP contribution in [-0.4, -0.2) is 24.3 Å². The molecule has 1 rings (SSSR count). The summed E-state index contributed by atoms with van der Waals surface area (Å²) in [6.45, 7) is 1.40. The fourth-order valence-corrected chi connectivity index (χ4v) is 1.04. The molecule has 0 saturated carbocycles. The van der Waals surface area contributed by atoms with Crippen molar-refractivity contribution in [3.8, 4) is 0 Å². The van der Waals surface area contributed by atoms with Crippen LogP contribution >= 0.6 is 0 Å². The molecule has 0 aliphatic rings. The molecule has 0 radical (unpaired) electrons. The smallest absolute Gasteiger partial charge is 0.333 e. The molecule has 1 aromatic rings. The molecule has 3 amide bonds. The third kappa shape index (κ3) is 4.62. The average molecular weight is 251 g/mol. The van der Waals surface area contributed by atoms with Gasteiger partial charge in [0.05, 0.1) is 0 Å². The van der Waals surface area contributed by atoms with E-state index in [1.54, 1.807) is 29.7 Å². The summed E-state index contributed by atoms with van der Waals surface area (Å²) in [5.74, 6) is -2.67. The van der Waals surface area contributed by atoms with Crippen molar-refractivity contribution >= 4 is 23.4 Å². The predicted molar refractivity (Wildman–Crippen MR) is 63.1 cm³/mol. The Morgan fingerprint density at radius 3 is 2.33 bits per heavy atom. The Bertz CT molecular complexity index is 456. The monoisotopic (exact) mass is 251 g/mol. The van der Waals surface area contributed by atoms with Gasteiger partial charge in [0.25, 0.3) is 0 Å². The highest BCUT2D eigenvalue weighted by molar-refractivity contribution is 6.39. The maximum atomic E-state index is 11.4. The zero-order valence-corrected chi connectivity index (χ0v) is 9.73. The molecule has 0 aliphatic carbocycles. The molecule has 4 N–H and O–H groups in total. The van der Waals surface area contributed by atoms with E-state index < -0.39 is 24.3 Å². The van der Waals surface area contributed by atoms with Gasteiger partial charge in [0.15, 0.2) is 6.61 Å².